The Morgan fingerprint density at radius 3 is 2.33 bits per heavy atom. The molecule has 0 unspecified atom stereocenters. The van der Waals surface area contributed by atoms with Gasteiger partial charge in [-0.15, -0.1) is 0 Å². The molecule has 0 saturated heterocycles. The Balaban J connectivity index is 2.34. The topological polar surface area (TPSA) is 63.2 Å². The van der Waals surface area contributed by atoms with Gasteiger partial charge < -0.3 is 0 Å². The SMILES string of the molecule is CC(=O)c1ccc(S(=O)(=O)Nc2cccc(Cl)c2F)cc1. The average Bonchev–Trinajstić information content (AvgIpc) is 2.44. The molecule has 0 aliphatic rings. The Hall–Kier alpha value is -1.92. The van der Waals surface area contributed by atoms with Gasteiger partial charge in [-0.3, -0.25) is 9.52 Å². The van der Waals surface area contributed by atoms with Crippen LogP contribution in [0.25, 0.3) is 0 Å². The molecule has 0 heterocycles. The molecule has 1 N–H and O–H groups in total. The second-order valence-electron chi connectivity index (χ2n) is 4.29. The quantitative estimate of drug-likeness (QED) is 0.874. The smallest absolute Gasteiger partial charge is 0.261 e. The number of Topliss-reactive ketones (excluding diaryl/α,β-unsaturated/α-hetero) is 1. The van der Waals surface area contributed by atoms with Gasteiger partial charge in [0.25, 0.3) is 10.0 Å². The van der Waals surface area contributed by atoms with Crippen molar-refractivity contribution in [2.75, 3.05) is 4.72 Å². The van der Waals surface area contributed by atoms with E-state index in [1.54, 1.807) is 0 Å². The fraction of sp³-hybridized carbons (Fsp3) is 0.0714. The largest absolute Gasteiger partial charge is 0.295 e. The monoisotopic (exact) mass is 327 g/mol. The summed E-state index contributed by atoms with van der Waals surface area (Å²) in [5, 5.41) is -0.179. The van der Waals surface area contributed by atoms with Gasteiger partial charge in [0.2, 0.25) is 0 Å². The number of benzene rings is 2. The summed E-state index contributed by atoms with van der Waals surface area (Å²) in [7, 11) is -3.95. The van der Waals surface area contributed by atoms with E-state index in [9.17, 15) is 17.6 Å². The van der Waals surface area contributed by atoms with Crippen molar-refractivity contribution in [3.8, 4) is 0 Å². The van der Waals surface area contributed by atoms with E-state index in [1.807, 2.05) is 0 Å². The number of halogens is 2. The summed E-state index contributed by atoms with van der Waals surface area (Å²) in [6, 6.07) is 9.36. The van der Waals surface area contributed by atoms with Crippen molar-refractivity contribution in [2.24, 2.45) is 0 Å². The van der Waals surface area contributed by atoms with E-state index in [1.165, 1.54) is 49.4 Å². The highest BCUT2D eigenvalue weighted by Crippen LogP contribution is 2.24. The molecule has 0 aromatic heterocycles. The van der Waals surface area contributed by atoms with Crippen LogP contribution >= 0.6 is 11.6 Å². The molecule has 0 aliphatic carbocycles. The molecule has 0 atom stereocenters. The van der Waals surface area contributed by atoms with Crippen LogP contribution in [0.1, 0.15) is 17.3 Å². The van der Waals surface area contributed by atoms with E-state index in [4.69, 9.17) is 11.6 Å². The standard InChI is InChI=1S/C14H11ClFNO3S/c1-9(18)10-5-7-11(8-6-10)21(19,20)17-13-4-2-3-12(15)14(13)16/h2-8,17H,1H3. The summed E-state index contributed by atoms with van der Waals surface area (Å²) in [5.41, 5.74) is 0.154. The fourth-order valence-electron chi connectivity index (χ4n) is 1.66. The molecule has 0 saturated carbocycles. The molecule has 110 valence electrons. The summed E-state index contributed by atoms with van der Waals surface area (Å²) >= 11 is 5.60. The number of rotatable bonds is 4. The zero-order valence-corrected chi connectivity index (χ0v) is 12.5. The maximum Gasteiger partial charge on any atom is 0.261 e. The molecule has 2 rings (SSSR count). The number of hydrogen-bond donors (Lipinski definition) is 1. The molecule has 7 heteroatoms. The maximum absolute atomic E-state index is 13.7. The number of sulfonamides is 1. The van der Waals surface area contributed by atoms with Gasteiger partial charge in [-0.05, 0) is 31.2 Å². The highest BCUT2D eigenvalue weighted by atomic mass is 35.5. The molecule has 4 nitrogen and oxygen atoms in total. The highest BCUT2D eigenvalue weighted by molar-refractivity contribution is 7.92. The normalized spacial score (nSPS) is 11.2. The van der Waals surface area contributed by atoms with Crippen LogP contribution < -0.4 is 4.72 Å². The Kier molecular flexibility index (Phi) is 4.29. The summed E-state index contributed by atoms with van der Waals surface area (Å²) in [6.07, 6.45) is 0. The molecule has 0 radical (unpaired) electrons. The number of hydrogen-bond acceptors (Lipinski definition) is 3. The number of anilines is 1. The summed E-state index contributed by atoms with van der Waals surface area (Å²) in [5.74, 6) is -1.02. The van der Waals surface area contributed by atoms with E-state index in [0.29, 0.717) is 5.56 Å². The van der Waals surface area contributed by atoms with Crippen LogP contribution in [-0.4, -0.2) is 14.2 Å². The van der Waals surface area contributed by atoms with Crippen molar-refractivity contribution < 1.29 is 17.6 Å². The van der Waals surface area contributed by atoms with Crippen molar-refractivity contribution in [2.45, 2.75) is 11.8 Å². The number of carbonyl (C=O) groups is 1. The third-order valence-electron chi connectivity index (χ3n) is 2.77. The van der Waals surface area contributed by atoms with E-state index >= 15 is 0 Å². The first-order valence-electron chi connectivity index (χ1n) is 5.89. The molecule has 0 fully saturated rings. The van der Waals surface area contributed by atoms with Crippen LogP contribution in [0.2, 0.25) is 5.02 Å². The van der Waals surface area contributed by atoms with E-state index in [0.717, 1.165) is 0 Å². The Morgan fingerprint density at radius 2 is 1.76 bits per heavy atom. The van der Waals surface area contributed by atoms with Crippen LogP contribution in [0.3, 0.4) is 0 Å². The first-order chi connectivity index (χ1) is 9.81. The van der Waals surface area contributed by atoms with Crippen LogP contribution in [0, 0.1) is 5.82 Å². The molecule has 0 spiro atoms. The average molecular weight is 328 g/mol. The van der Waals surface area contributed by atoms with Gasteiger partial charge >= 0.3 is 0 Å². The Morgan fingerprint density at radius 1 is 1.14 bits per heavy atom. The van der Waals surface area contributed by atoms with Crippen LogP contribution in [-0.2, 0) is 10.0 Å². The van der Waals surface area contributed by atoms with E-state index in [2.05, 4.69) is 4.72 Å². The first kappa shape index (κ1) is 15.5. The van der Waals surface area contributed by atoms with Crippen molar-refractivity contribution >= 4 is 33.1 Å². The molecule has 0 amide bonds. The van der Waals surface area contributed by atoms with Crippen molar-refractivity contribution in [3.05, 3.63) is 58.9 Å². The second kappa shape index (κ2) is 5.83. The van der Waals surface area contributed by atoms with Crippen molar-refractivity contribution in [3.63, 3.8) is 0 Å². The number of nitrogens with one attached hydrogen (secondary N) is 1. The fourth-order valence-corrected chi connectivity index (χ4v) is 2.89. The minimum Gasteiger partial charge on any atom is -0.295 e. The van der Waals surface area contributed by atoms with Crippen LogP contribution in [0.5, 0.6) is 0 Å². The van der Waals surface area contributed by atoms with Gasteiger partial charge in [-0.25, -0.2) is 12.8 Å². The van der Waals surface area contributed by atoms with E-state index < -0.39 is 15.8 Å². The van der Waals surface area contributed by atoms with Crippen molar-refractivity contribution in [1.82, 2.24) is 0 Å². The third kappa shape index (κ3) is 3.40. The van der Waals surface area contributed by atoms with Crippen LogP contribution in [0.15, 0.2) is 47.4 Å². The van der Waals surface area contributed by atoms with E-state index in [-0.39, 0.29) is 21.4 Å². The molecule has 0 aliphatic heterocycles. The Bertz CT molecular complexity index is 788. The van der Waals surface area contributed by atoms with Crippen molar-refractivity contribution in [1.29, 1.82) is 0 Å². The lowest BCUT2D eigenvalue weighted by molar-refractivity contribution is 0.101. The minimum atomic E-state index is -3.95. The molecular formula is C14H11ClFNO3S. The number of ketones is 1. The molecular weight excluding hydrogens is 317 g/mol. The maximum atomic E-state index is 13.7. The predicted octanol–water partition coefficient (Wildman–Crippen LogP) is 3.48. The van der Waals surface area contributed by atoms with Gasteiger partial charge in [0.1, 0.15) is 0 Å². The third-order valence-corrected chi connectivity index (χ3v) is 4.44. The lowest BCUT2D eigenvalue weighted by atomic mass is 10.2. The second-order valence-corrected chi connectivity index (χ2v) is 6.38. The summed E-state index contributed by atoms with van der Waals surface area (Å²) in [4.78, 5) is 11.1. The Labute approximate surface area is 126 Å². The zero-order chi connectivity index (χ0) is 15.6. The highest BCUT2D eigenvalue weighted by Gasteiger charge is 2.17. The molecule has 2 aromatic rings. The van der Waals surface area contributed by atoms with Crippen LogP contribution in [0.4, 0.5) is 10.1 Å². The molecule has 21 heavy (non-hydrogen) atoms. The minimum absolute atomic E-state index is 0.0770. The van der Waals surface area contributed by atoms with Gasteiger partial charge in [0, 0.05) is 5.56 Å². The first-order valence-corrected chi connectivity index (χ1v) is 7.75. The predicted molar refractivity (Wildman–Crippen MR) is 78.7 cm³/mol. The lowest BCUT2D eigenvalue weighted by Crippen LogP contribution is -2.14. The summed E-state index contributed by atoms with van der Waals surface area (Å²) in [6.45, 7) is 1.38. The summed E-state index contributed by atoms with van der Waals surface area (Å²) < 4.78 is 40.1. The van der Waals surface area contributed by atoms with Gasteiger partial charge in [0.05, 0.1) is 15.6 Å². The van der Waals surface area contributed by atoms with Gasteiger partial charge in [0.15, 0.2) is 11.6 Å². The van der Waals surface area contributed by atoms with Gasteiger partial charge in [-0.2, -0.15) is 0 Å². The molecule has 0 bridgehead atoms. The van der Waals surface area contributed by atoms with Gasteiger partial charge in [-0.1, -0.05) is 29.8 Å². The number of carbonyl (C=O) groups excluding carboxylic acids is 1. The molecule has 2 aromatic carbocycles. The lowest BCUT2D eigenvalue weighted by Gasteiger charge is -2.09. The zero-order valence-electron chi connectivity index (χ0n) is 10.9.